The fourth-order valence-corrected chi connectivity index (χ4v) is 7.45. The maximum Gasteiger partial charge on any atom is 0.243 e. The van der Waals surface area contributed by atoms with Gasteiger partial charge in [-0.3, -0.25) is 9.69 Å². The van der Waals surface area contributed by atoms with E-state index in [0.717, 1.165) is 21.3 Å². The number of carbonyl (C=O) groups is 1. The second kappa shape index (κ2) is 9.97. The highest BCUT2D eigenvalue weighted by Crippen LogP contribution is 2.35. The zero-order valence-electron chi connectivity index (χ0n) is 20.0. The number of benzene rings is 2. The molecule has 2 aromatic carbocycles. The number of halogens is 1. The molecule has 1 atom stereocenters. The van der Waals surface area contributed by atoms with Crippen LogP contribution in [0.25, 0.3) is 10.2 Å². The van der Waals surface area contributed by atoms with Crippen molar-refractivity contribution in [1.82, 2.24) is 9.29 Å². The number of fused-ring (bicyclic) bond motifs is 1. The zero-order chi connectivity index (χ0) is 25.4. The number of sulfonamides is 1. The standard InChI is InChI=1S/C26H26ClN3O4S2/c1-17-7-9-22(10-8-17)36(32,33)29-11-3-5-19(15-29)25(31)30(16-21-6-4-12-34-21)26-28-24-18(2)13-20(27)14-23(24)35-26/h4,6-10,12-14,19H,3,5,11,15-16H2,1-2H3. The van der Waals surface area contributed by atoms with Crippen LogP contribution < -0.4 is 4.90 Å². The first kappa shape index (κ1) is 25.0. The number of hydrogen-bond acceptors (Lipinski definition) is 6. The summed E-state index contributed by atoms with van der Waals surface area (Å²) in [5.41, 5.74) is 2.71. The second-order valence-corrected chi connectivity index (χ2v) is 12.5. The maximum atomic E-state index is 13.9. The van der Waals surface area contributed by atoms with Gasteiger partial charge in [-0.2, -0.15) is 4.31 Å². The number of rotatable bonds is 6. The van der Waals surface area contributed by atoms with Crippen LogP contribution in [0.2, 0.25) is 5.02 Å². The fourth-order valence-electron chi connectivity index (χ4n) is 4.50. The minimum atomic E-state index is -3.70. The Balaban J connectivity index is 1.45. The van der Waals surface area contributed by atoms with Crippen molar-refractivity contribution in [3.05, 3.63) is 76.7 Å². The number of hydrogen-bond donors (Lipinski definition) is 0. The van der Waals surface area contributed by atoms with E-state index >= 15 is 0 Å². The highest BCUT2D eigenvalue weighted by Gasteiger charge is 2.36. The molecule has 36 heavy (non-hydrogen) atoms. The van der Waals surface area contributed by atoms with Gasteiger partial charge in [-0.1, -0.05) is 40.6 Å². The van der Waals surface area contributed by atoms with E-state index in [1.165, 1.54) is 15.6 Å². The van der Waals surface area contributed by atoms with Crippen LogP contribution in [-0.2, 0) is 21.4 Å². The smallest absolute Gasteiger partial charge is 0.243 e. The van der Waals surface area contributed by atoms with Gasteiger partial charge in [-0.15, -0.1) is 0 Å². The lowest BCUT2D eigenvalue weighted by Gasteiger charge is -2.33. The largest absolute Gasteiger partial charge is 0.467 e. The molecule has 1 saturated heterocycles. The van der Waals surface area contributed by atoms with Gasteiger partial charge in [0.15, 0.2) is 5.13 Å². The number of piperidine rings is 1. The van der Waals surface area contributed by atoms with E-state index in [2.05, 4.69) is 0 Å². The number of carbonyl (C=O) groups excluding carboxylic acids is 1. The van der Waals surface area contributed by atoms with Crippen LogP contribution in [-0.4, -0.2) is 36.7 Å². The Hall–Kier alpha value is -2.72. The first-order valence-corrected chi connectivity index (χ1v) is 14.3. The van der Waals surface area contributed by atoms with Crippen LogP contribution in [0.15, 0.2) is 64.1 Å². The normalized spacial score (nSPS) is 16.9. The van der Waals surface area contributed by atoms with Gasteiger partial charge in [-0.05, 0) is 68.7 Å². The van der Waals surface area contributed by atoms with Crippen molar-refractivity contribution in [2.75, 3.05) is 18.0 Å². The van der Waals surface area contributed by atoms with Crippen molar-refractivity contribution in [3.63, 3.8) is 0 Å². The molecule has 10 heteroatoms. The molecule has 0 spiro atoms. The number of aryl methyl sites for hydroxylation is 2. The summed E-state index contributed by atoms with van der Waals surface area (Å²) in [6.45, 7) is 4.57. The summed E-state index contributed by atoms with van der Waals surface area (Å²) in [4.78, 5) is 20.5. The van der Waals surface area contributed by atoms with Crippen LogP contribution in [0.3, 0.4) is 0 Å². The summed E-state index contributed by atoms with van der Waals surface area (Å²) in [7, 11) is -3.70. The summed E-state index contributed by atoms with van der Waals surface area (Å²) >= 11 is 7.64. The van der Waals surface area contributed by atoms with Gasteiger partial charge in [0, 0.05) is 18.1 Å². The van der Waals surface area contributed by atoms with Gasteiger partial charge in [0.05, 0.1) is 33.8 Å². The number of anilines is 1. The summed E-state index contributed by atoms with van der Waals surface area (Å²) in [6, 6.07) is 14.1. The molecule has 1 fully saturated rings. The molecule has 0 aliphatic carbocycles. The van der Waals surface area contributed by atoms with Crippen molar-refractivity contribution in [2.24, 2.45) is 5.92 Å². The van der Waals surface area contributed by atoms with Gasteiger partial charge in [0.2, 0.25) is 15.9 Å². The predicted octanol–water partition coefficient (Wildman–Crippen LogP) is 5.79. The second-order valence-electron chi connectivity index (χ2n) is 9.08. The quantitative estimate of drug-likeness (QED) is 0.307. The van der Waals surface area contributed by atoms with Crippen molar-refractivity contribution in [3.8, 4) is 0 Å². The minimum Gasteiger partial charge on any atom is -0.467 e. The Morgan fingerprint density at radius 3 is 2.72 bits per heavy atom. The molecule has 0 bridgehead atoms. The van der Waals surface area contributed by atoms with E-state index in [1.54, 1.807) is 41.5 Å². The number of nitrogens with zero attached hydrogens (tertiary/aromatic N) is 3. The highest BCUT2D eigenvalue weighted by atomic mass is 35.5. The van der Waals surface area contributed by atoms with Crippen molar-refractivity contribution in [2.45, 2.75) is 38.1 Å². The topological polar surface area (TPSA) is 83.7 Å². The third-order valence-corrected chi connectivity index (χ3v) is 9.55. The molecule has 5 rings (SSSR count). The van der Waals surface area contributed by atoms with E-state index in [4.69, 9.17) is 21.0 Å². The molecule has 1 amide bonds. The Morgan fingerprint density at radius 1 is 1.22 bits per heavy atom. The molecule has 1 aliphatic rings. The average Bonchev–Trinajstić information content (AvgIpc) is 3.52. The Morgan fingerprint density at radius 2 is 2.00 bits per heavy atom. The van der Waals surface area contributed by atoms with Crippen molar-refractivity contribution < 1.29 is 17.6 Å². The van der Waals surface area contributed by atoms with Gasteiger partial charge in [-0.25, -0.2) is 13.4 Å². The van der Waals surface area contributed by atoms with Crippen LogP contribution in [0.5, 0.6) is 0 Å². The van der Waals surface area contributed by atoms with E-state index in [0.29, 0.717) is 35.3 Å². The van der Waals surface area contributed by atoms with Gasteiger partial charge < -0.3 is 4.42 Å². The van der Waals surface area contributed by atoms with E-state index in [-0.39, 0.29) is 23.9 Å². The van der Waals surface area contributed by atoms with Crippen LogP contribution in [0.4, 0.5) is 5.13 Å². The van der Waals surface area contributed by atoms with E-state index < -0.39 is 15.9 Å². The molecule has 0 N–H and O–H groups in total. The molecular formula is C26H26ClN3O4S2. The van der Waals surface area contributed by atoms with Crippen molar-refractivity contribution in [1.29, 1.82) is 0 Å². The molecule has 3 heterocycles. The van der Waals surface area contributed by atoms with E-state index in [1.807, 2.05) is 32.0 Å². The third-order valence-electron chi connectivity index (χ3n) is 6.42. The monoisotopic (exact) mass is 543 g/mol. The van der Waals surface area contributed by atoms with Gasteiger partial charge in [0.1, 0.15) is 5.76 Å². The van der Waals surface area contributed by atoms with Gasteiger partial charge >= 0.3 is 0 Å². The van der Waals surface area contributed by atoms with Crippen LogP contribution in [0.1, 0.15) is 29.7 Å². The lowest BCUT2D eigenvalue weighted by atomic mass is 9.98. The fraction of sp³-hybridized carbons (Fsp3) is 0.308. The minimum absolute atomic E-state index is 0.124. The molecule has 2 aromatic heterocycles. The number of amides is 1. The molecular weight excluding hydrogens is 518 g/mol. The Bertz CT molecular complexity index is 1500. The maximum absolute atomic E-state index is 13.9. The molecule has 0 radical (unpaired) electrons. The van der Waals surface area contributed by atoms with Gasteiger partial charge in [0.25, 0.3) is 0 Å². The number of furan rings is 1. The zero-order valence-corrected chi connectivity index (χ0v) is 22.4. The molecule has 4 aromatic rings. The third kappa shape index (κ3) is 4.93. The molecule has 7 nitrogen and oxygen atoms in total. The van der Waals surface area contributed by atoms with Crippen LogP contribution >= 0.6 is 22.9 Å². The molecule has 188 valence electrons. The molecule has 1 unspecified atom stereocenters. The summed E-state index contributed by atoms with van der Waals surface area (Å²) < 4.78 is 34.5. The SMILES string of the molecule is Cc1ccc(S(=O)(=O)N2CCCC(C(=O)N(Cc3ccco3)c3nc4c(C)cc(Cl)cc4s3)C2)cc1. The Kier molecular flexibility index (Phi) is 6.91. The highest BCUT2D eigenvalue weighted by molar-refractivity contribution is 7.89. The molecule has 0 saturated carbocycles. The predicted molar refractivity (Wildman–Crippen MR) is 142 cm³/mol. The number of thiazole rings is 1. The lowest BCUT2D eigenvalue weighted by molar-refractivity contribution is -0.123. The first-order chi connectivity index (χ1) is 17.2. The first-order valence-electron chi connectivity index (χ1n) is 11.7. The lowest BCUT2D eigenvalue weighted by Crippen LogP contribution is -2.46. The Labute approximate surface area is 219 Å². The van der Waals surface area contributed by atoms with E-state index in [9.17, 15) is 13.2 Å². The summed E-state index contributed by atoms with van der Waals surface area (Å²) in [5.74, 6) is -0.0408. The summed E-state index contributed by atoms with van der Waals surface area (Å²) in [6.07, 6.45) is 2.77. The van der Waals surface area contributed by atoms with Crippen molar-refractivity contribution >= 4 is 54.2 Å². The summed E-state index contributed by atoms with van der Waals surface area (Å²) in [5, 5.41) is 1.15. The average molecular weight is 544 g/mol. The van der Waals surface area contributed by atoms with Crippen LogP contribution in [0, 0.1) is 19.8 Å². The molecule has 1 aliphatic heterocycles. The number of aromatic nitrogens is 1.